The van der Waals surface area contributed by atoms with Gasteiger partial charge in [-0.3, -0.25) is 15.0 Å². The molecule has 0 aromatic carbocycles. The Labute approximate surface area is 157 Å². The molecule has 0 unspecified atom stereocenters. The Morgan fingerprint density at radius 3 is 2.92 bits per heavy atom. The van der Waals surface area contributed by atoms with Crippen molar-refractivity contribution >= 4 is 40.9 Å². The van der Waals surface area contributed by atoms with E-state index >= 15 is 0 Å². The van der Waals surface area contributed by atoms with Crippen molar-refractivity contribution in [3.63, 3.8) is 0 Å². The molecule has 2 N–H and O–H groups in total. The van der Waals surface area contributed by atoms with Crippen LogP contribution in [0.25, 0.3) is 0 Å². The number of nitrogens with zero attached hydrogens (tertiary/aromatic N) is 5. The summed E-state index contributed by atoms with van der Waals surface area (Å²) in [5.74, 6) is -1.01. The maximum absolute atomic E-state index is 12.3. The Morgan fingerprint density at radius 2 is 2.27 bits per heavy atom. The predicted octanol–water partition coefficient (Wildman–Crippen LogP) is 0.627. The zero-order valence-corrected chi connectivity index (χ0v) is 15.8. The molecule has 0 aliphatic carbocycles. The number of carbonyl (C=O) groups excluding carboxylic acids is 3. The van der Waals surface area contributed by atoms with Crippen molar-refractivity contribution < 1.29 is 14.4 Å². The van der Waals surface area contributed by atoms with Crippen LogP contribution in [0, 0.1) is 0 Å². The highest BCUT2D eigenvalue weighted by Crippen LogP contribution is 2.20. The number of urea groups is 1. The Morgan fingerprint density at radius 1 is 1.46 bits per heavy atom. The van der Waals surface area contributed by atoms with Gasteiger partial charge in [-0.15, -0.1) is 16.4 Å². The Hall–Kier alpha value is -2.47. The van der Waals surface area contributed by atoms with Gasteiger partial charge < -0.3 is 5.32 Å². The lowest BCUT2D eigenvalue weighted by molar-refractivity contribution is -0.137. The highest BCUT2D eigenvalue weighted by Gasteiger charge is 2.47. The Kier molecular flexibility index (Phi) is 5.23. The number of hydrogen-bond acceptors (Lipinski definition) is 8. The molecule has 3 heterocycles. The lowest BCUT2D eigenvalue weighted by Crippen LogP contribution is -2.49. The van der Waals surface area contributed by atoms with Gasteiger partial charge in [-0.2, -0.15) is 5.01 Å². The zero-order valence-electron chi connectivity index (χ0n) is 14.1. The van der Waals surface area contributed by atoms with E-state index in [9.17, 15) is 14.4 Å². The van der Waals surface area contributed by atoms with Gasteiger partial charge in [0.25, 0.3) is 5.91 Å². The summed E-state index contributed by atoms with van der Waals surface area (Å²) in [6.07, 6.45) is 0.427. The highest BCUT2D eigenvalue weighted by molar-refractivity contribution is 7.99. The van der Waals surface area contributed by atoms with Crippen LogP contribution in [0.4, 0.5) is 4.79 Å². The molecule has 0 radical (unpaired) electrons. The molecule has 0 bridgehead atoms. The number of hydrogen-bond donors (Lipinski definition) is 2. The molecule has 10 nitrogen and oxygen atoms in total. The van der Waals surface area contributed by atoms with Crippen molar-refractivity contribution in [2.75, 3.05) is 5.75 Å². The first-order valence-corrected chi connectivity index (χ1v) is 9.67. The van der Waals surface area contributed by atoms with Crippen LogP contribution in [0.15, 0.2) is 22.7 Å². The van der Waals surface area contributed by atoms with Crippen molar-refractivity contribution in [3.8, 4) is 0 Å². The van der Waals surface area contributed by atoms with E-state index in [1.807, 2.05) is 17.5 Å². The number of aromatic nitrogens is 4. The molecule has 0 spiro atoms. The van der Waals surface area contributed by atoms with Crippen LogP contribution >= 0.6 is 23.1 Å². The Bertz CT molecular complexity index is 822. The van der Waals surface area contributed by atoms with Crippen LogP contribution < -0.4 is 10.7 Å². The number of thioether (sulfide) groups is 1. The first-order chi connectivity index (χ1) is 12.4. The number of hydrazine groups is 1. The molecule has 1 aliphatic rings. The van der Waals surface area contributed by atoms with Gasteiger partial charge in [-0.25, -0.2) is 9.48 Å². The van der Waals surface area contributed by atoms with Gasteiger partial charge in [-0.1, -0.05) is 24.8 Å². The van der Waals surface area contributed by atoms with E-state index in [4.69, 9.17) is 0 Å². The van der Waals surface area contributed by atoms with Crippen LogP contribution in [0.3, 0.4) is 0 Å². The summed E-state index contributed by atoms with van der Waals surface area (Å²) in [6, 6.07) is 3.27. The highest BCUT2D eigenvalue weighted by atomic mass is 32.2. The fourth-order valence-electron chi connectivity index (χ4n) is 2.26. The standard InChI is InChI=1S/C14H17N7O3S2/c1-3-14(2)11(23)21(12(24)15-14)17-10(22)8-26-13-16-18-19-20(13)7-9-5-4-6-25-9/h4-6H,3,7-8H2,1-2H3,(H,15,24)(H,17,22)/t14-/m1/s1. The molecular weight excluding hydrogens is 378 g/mol. The van der Waals surface area contributed by atoms with E-state index < -0.39 is 23.4 Å². The van der Waals surface area contributed by atoms with E-state index in [1.165, 1.54) is 0 Å². The van der Waals surface area contributed by atoms with Gasteiger partial charge in [0.2, 0.25) is 11.1 Å². The third kappa shape index (κ3) is 3.70. The topological polar surface area (TPSA) is 122 Å². The number of nitrogens with one attached hydrogen (secondary N) is 2. The van der Waals surface area contributed by atoms with Gasteiger partial charge in [0.05, 0.1) is 12.3 Å². The van der Waals surface area contributed by atoms with Crippen molar-refractivity contribution in [1.82, 2.24) is 36.0 Å². The van der Waals surface area contributed by atoms with Gasteiger partial charge in [0, 0.05) is 4.88 Å². The third-order valence-corrected chi connectivity index (χ3v) is 5.74. The van der Waals surface area contributed by atoms with Crippen LogP contribution in [-0.4, -0.2) is 54.4 Å². The molecule has 0 saturated carbocycles. The summed E-state index contributed by atoms with van der Waals surface area (Å²) < 4.78 is 1.59. The largest absolute Gasteiger partial charge is 0.344 e. The summed E-state index contributed by atoms with van der Waals surface area (Å²) in [4.78, 5) is 37.4. The zero-order chi connectivity index (χ0) is 18.7. The summed E-state index contributed by atoms with van der Waals surface area (Å²) in [7, 11) is 0. The number of carbonyl (C=O) groups is 3. The maximum atomic E-state index is 12.3. The van der Waals surface area contributed by atoms with Crippen LogP contribution in [0.5, 0.6) is 0 Å². The minimum Gasteiger partial charge on any atom is -0.322 e. The molecule has 1 fully saturated rings. The van der Waals surface area contributed by atoms with Crippen LogP contribution in [-0.2, 0) is 16.1 Å². The van der Waals surface area contributed by atoms with E-state index in [2.05, 4.69) is 26.3 Å². The summed E-state index contributed by atoms with van der Waals surface area (Å²) in [5, 5.41) is 17.2. The van der Waals surface area contributed by atoms with Gasteiger partial charge in [0.15, 0.2) is 0 Å². The number of rotatable bonds is 7. The second-order valence-electron chi connectivity index (χ2n) is 5.78. The molecule has 12 heteroatoms. The molecule has 26 heavy (non-hydrogen) atoms. The van der Waals surface area contributed by atoms with Crippen molar-refractivity contribution in [1.29, 1.82) is 0 Å². The normalized spacial score (nSPS) is 19.7. The minimum absolute atomic E-state index is 0.0370. The minimum atomic E-state index is -0.998. The number of tetrazole rings is 1. The third-order valence-electron chi connectivity index (χ3n) is 3.92. The second-order valence-corrected chi connectivity index (χ2v) is 7.75. The summed E-state index contributed by atoms with van der Waals surface area (Å²) >= 11 is 2.71. The van der Waals surface area contributed by atoms with Gasteiger partial charge in [0.1, 0.15) is 5.54 Å². The second kappa shape index (κ2) is 7.41. The molecule has 2 aromatic heterocycles. The molecule has 138 valence electrons. The number of amides is 4. The predicted molar refractivity (Wildman–Crippen MR) is 94.2 cm³/mol. The quantitative estimate of drug-likeness (QED) is 0.521. The first kappa shape index (κ1) is 18.3. The average molecular weight is 395 g/mol. The maximum Gasteiger partial charge on any atom is 0.344 e. The lowest BCUT2D eigenvalue weighted by atomic mass is 10.00. The molecular formula is C14H17N7O3S2. The van der Waals surface area contributed by atoms with Crippen LogP contribution in [0.2, 0.25) is 0 Å². The molecule has 1 aliphatic heterocycles. The molecule has 1 atom stereocenters. The van der Waals surface area contributed by atoms with Crippen molar-refractivity contribution in [3.05, 3.63) is 22.4 Å². The average Bonchev–Trinajstić information content (AvgIpc) is 3.32. The molecule has 4 amide bonds. The van der Waals surface area contributed by atoms with Gasteiger partial charge in [-0.05, 0) is 35.2 Å². The fraction of sp³-hybridized carbons (Fsp3) is 0.429. The molecule has 3 rings (SSSR count). The Balaban J connectivity index is 1.56. The summed E-state index contributed by atoms with van der Waals surface area (Å²) in [6.45, 7) is 3.91. The van der Waals surface area contributed by atoms with E-state index in [0.29, 0.717) is 18.1 Å². The molecule has 1 saturated heterocycles. The molecule has 2 aromatic rings. The smallest absolute Gasteiger partial charge is 0.322 e. The number of thiophene rings is 1. The lowest BCUT2D eigenvalue weighted by Gasteiger charge is -2.19. The van der Waals surface area contributed by atoms with E-state index in [1.54, 1.807) is 29.9 Å². The first-order valence-electron chi connectivity index (χ1n) is 7.80. The van der Waals surface area contributed by atoms with E-state index in [-0.39, 0.29) is 5.75 Å². The SMILES string of the molecule is CC[C@@]1(C)NC(=O)N(NC(=O)CSc2nnnn2Cc2cccs2)C1=O. The summed E-state index contributed by atoms with van der Waals surface area (Å²) in [5.41, 5.74) is 1.33. The fourth-order valence-corrected chi connectivity index (χ4v) is 3.62. The monoisotopic (exact) mass is 395 g/mol. The van der Waals surface area contributed by atoms with Crippen molar-refractivity contribution in [2.45, 2.75) is 37.5 Å². The number of imide groups is 1. The van der Waals surface area contributed by atoms with E-state index in [0.717, 1.165) is 21.6 Å². The van der Waals surface area contributed by atoms with Crippen molar-refractivity contribution in [2.24, 2.45) is 0 Å². The van der Waals surface area contributed by atoms with Crippen LogP contribution in [0.1, 0.15) is 25.1 Å². The van der Waals surface area contributed by atoms with Gasteiger partial charge >= 0.3 is 6.03 Å².